The summed E-state index contributed by atoms with van der Waals surface area (Å²) in [5, 5.41) is 3.67. The van der Waals surface area contributed by atoms with Gasteiger partial charge in [-0.15, -0.1) is 0 Å². The van der Waals surface area contributed by atoms with Gasteiger partial charge in [0.1, 0.15) is 0 Å². The first-order valence-corrected chi connectivity index (χ1v) is 8.03. The Labute approximate surface area is 146 Å². The molecule has 2 heterocycles. The molecule has 26 heavy (non-hydrogen) atoms. The standard InChI is InChI=1S/C19H15N3O4/c1-10-6-12-7-11(2-4-14(12)21-18(10)24)8-17(23)20-13-3-5-15-16(9-13)26-19(25)22-15/h2-7,9H,8H2,1H3,(H,20,23)(H,21,24)(H,22,25). The van der Waals surface area contributed by atoms with Crippen LogP contribution in [-0.2, 0) is 11.2 Å². The van der Waals surface area contributed by atoms with Crippen molar-refractivity contribution in [3.63, 3.8) is 0 Å². The van der Waals surface area contributed by atoms with Gasteiger partial charge in [0.05, 0.1) is 11.9 Å². The molecule has 0 saturated carbocycles. The third-order valence-corrected chi connectivity index (χ3v) is 4.16. The monoisotopic (exact) mass is 349 g/mol. The smallest absolute Gasteiger partial charge is 0.408 e. The van der Waals surface area contributed by atoms with Crippen LogP contribution in [-0.4, -0.2) is 15.9 Å². The van der Waals surface area contributed by atoms with Crippen LogP contribution in [0.3, 0.4) is 0 Å². The fourth-order valence-corrected chi connectivity index (χ4v) is 2.89. The highest BCUT2D eigenvalue weighted by Crippen LogP contribution is 2.18. The second-order valence-corrected chi connectivity index (χ2v) is 6.15. The van der Waals surface area contributed by atoms with Crippen LogP contribution in [0, 0.1) is 6.92 Å². The van der Waals surface area contributed by atoms with E-state index >= 15 is 0 Å². The number of H-pyrrole nitrogens is 2. The number of carbonyl (C=O) groups is 1. The number of oxazole rings is 1. The number of fused-ring (bicyclic) bond motifs is 2. The van der Waals surface area contributed by atoms with Gasteiger partial charge in [0.15, 0.2) is 5.58 Å². The van der Waals surface area contributed by atoms with Crippen LogP contribution in [0.25, 0.3) is 22.0 Å². The highest BCUT2D eigenvalue weighted by Gasteiger charge is 2.08. The zero-order valence-corrected chi connectivity index (χ0v) is 13.9. The minimum Gasteiger partial charge on any atom is -0.408 e. The second kappa shape index (κ2) is 6.03. The predicted octanol–water partition coefficient (Wildman–Crippen LogP) is 2.45. The summed E-state index contributed by atoms with van der Waals surface area (Å²) in [5.74, 6) is -0.726. The molecular formula is C19H15N3O4. The molecule has 0 saturated heterocycles. The minimum absolute atomic E-state index is 0.116. The average Bonchev–Trinajstić information content (AvgIpc) is 2.95. The van der Waals surface area contributed by atoms with E-state index in [4.69, 9.17) is 4.42 Å². The number of pyridine rings is 1. The molecule has 3 N–H and O–H groups in total. The molecule has 4 aromatic rings. The largest absolute Gasteiger partial charge is 0.417 e. The Kier molecular flexibility index (Phi) is 3.69. The number of benzene rings is 2. The molecule has 4 rings (SSSR count). The Bertz CT molecular complexity index is 1260. The topological polar surface area (TPSA) is 108 Å². The lowest BCUT2D eigenvalue weighted by atomic mass is 10.1. The van der Waals surface area contributed by atoms with Gasteiger partial charge in [-0.2, -0.15) is 0 Å². The summed E-state index contributed by atoms with van der Waals surface area (Å²) in [6.07, 6.45) is 0.184. The van der Waals surface area contributed by atoms with Gasteiger partial charge in [0, 0.05) is 22.8 Å². The van der Waals surface area contributed by atoms with Crippen LogP contribution >= 0.6 is 0 Å². The summed E-state index contributed by atoms with van der Waals surface area (Å²) in [7, 11) is 0. The normalized spacial score (nSPS) is 11.1. The van der Waals surface area contributed by atoms with Crippen LogP contribution < -0.4 is 16.6 Å². The highest BCUT2D eigenvalue weighted by atomic mass is 16.4. The number of aromatic nitrogens is 2. The predicted molar refractivity (Wildman–Crippen MR) is 98.5 cm³/mol. The summed E-state index contributed by atoms with van der Waals surface area (Å²) >= 11 is 0. The van der Waals surface area contributed by atoms with E-state index in [0.717, 1.165) is 16.5 Å². The molecule has 0 radical (unpaired) electrons. The molecule has 0 aliphatic carbocycles. The molecule has 0 aliphatic heterocycles. The number of hydrogen-bond acceptors (Lipinski definition) is 4. The van der Waals surface area contributed by atoms with Crippen molar-refractivity contribution in [2.45, 2.75) is 13.3 Å². The van der Waals surface area contributed by atoms with Crippen molar-refractivity contribution in [2.75, 3.05) is 5.32 Å². The number of aryl methyl sites for hydroxylation is 1. The maximum absolute atomic E-state index is 12.3. The molecule has 0 fully saturated rings. The van der Waals surface area contributed by atoms with Gasteiger partial charge >= 0.3 is 5.76 Å². The molecule has 130 valence electrons. The Morgan fingerprint density at radius 2 is 1.85 bits per heavy atom. The van der Waals surface area contributed by atoms with Crippen molar-refractivity contribution in [2.24, 2.45) is 0 Å². The molecule has 0 spiro atoms. The van der Waals surface area contributed by atoms with Gasteiger partial charge in [0.2, 0.25) is 5.91 Å². The maximum atomic E-state index is 12.3. The molecule has 2 aromatic carbocycles. The lowest BCUT2D eigenvalue weighted by Crippen LogP contribution is -2.14. The Balaban J connectivity index is 1.55. The molecule has 7 heteroatoms. The quantitative estimate of drug-likeness (QED) is 0.528. The molecule has 1 amide bonds. The molecule has 7 nitrogen and oxygen atoms in total. The molecule has 2 aromatic heterocycles. The minimum atomic E-state index is -0.534. The first-order chi connectivity index (χ1) is 12.5. The van der Waals surface area contributed by atoms with E-state index in [1.54, 1.807) is 37.3 Å². The van der Waals surface area contributed by atoms with Crippen molar-refractivity contribution in [1.82, 2.24) is 9.97 Å². The van der Waals surface area contributed by atoms with Gasteiger partial charge in [-0.05, 0) is 48.2 Å². The number of anilines is 1. The van der Waals surface area contributed by atoms with Gasteiger partial charge in [-0.1, -0.05) is 6.07 Å². The van der Waals surface area contributed by atoms with E-state index in [9.17, 15) is 14.4 Å². The Morgan fingerprint density at radius 3 is 2.69 bits per heavy atom. The van der Waals surface area contributed by atoms with Crippen LogP contribution in [0.15, 0.2) is 56.5 Å². The Morgan fingerprint density at radius 1 is 1.04 bits per heavy atom. The SMILES string of the molecule is Cc1cc2cc(CC(=O)Nc3ccc4[nH]c(=O)oc4c3)ccc2[nH]c1=O. The summed E-state index contributed by atoms with van der Waals surface area (Å²) < 4.78 is 4.99. The van der Waals surface area contributed by atoms with E-state index in [1.165, 1.54) is 0 Å². The van der Waals surface area contributed by atoms with Crippen LogP contribution in [0.5, 0.6) is 0 Å². The van der Waals surface area contributed by atoms with Gasteiger partial charge in [-0.25, -0.2) is 4.79 Å². The Hall–Kier alpha value is -3.61. The average molecular weight is 349 g/mol. The summed E-state index contributed by atoms with van der Waals surface area (Å²) in [5.41, 5.74) is 3.58. The number of hydrogen-bond donors (Lipinski definition) is 3. The zero-order chi connectivity index (χ0) is 18.3. The van der Waals surface area contributed by atoms with Crippen molar-refractivity contribution >= 4 is 33.6 Å². The van der Waals surface area contributed by atoms with E-state index < -0.39 is 5.76 Å². The first kappa shape index (κ1) is 15.9. The molecule has 0 bridgehead atoms. The van der Waals surface area contributed by atoms with E-state index in [2.05, 4.69) is 15.3 Å². The van der Waals surface area contributed by atoms with Crippen LogP contribution in [0.4, 0.5) is 5.69 Å². The van der Waals surface area contributed by atoms with Crippen molar-refractivity contribution in [1.29, 1.82) is 0 Å². The highest BCUT2D eigenvalue weighted by molar-refractivity contribution is 5.94. The third-order valence-electron chi connectivity index (χ3n) is 4.16. The number of carbonyl (C=O) groups excluding carboxylic acids is 1. The second-order valence-electron chi connectivity index (χ2n) is 6.15. The zero-order valence-electron chi connectivity index (χ0n) is 13.9. The molecule has 0 aliphatic rings. The van der Waals surface area contributed by atoms with Crippen molar-refractivity contribution < 1.29 is 9.21 Å². The van der Waals surface area contributed by atoms with Crippen molar-refractivity contribution in [3.05, 3.63) is 74.5 Å². The van der Waals surface area contributed by atoms with Gasteiger partial charge in [-0.3, -0.25) is 14.6 Å². The summed E-state index contributed by atoms with van der Waals surface area (Å²) in [6, 6.07) is 12.2. The maximum Gasteiger partial charge on any atom is 0.417 e. The molecule has 0 atom stereocenters. The lowest BCUT2D eigenvalue weighted by molar-refractivity contribution is -0.115. The third kappa shape index (κ3) is 3.02. The molecule has 0 unspecified atom stereocenters. The van der Waals surface area contributed by atoms with Crippen molar-refractivity contribution in [3.8, 4) is 0 Å². The number of rotatable bonds is 3. The fraction of sp³-hybridized carbons (Fsp3) is 0.105. The van der Waals surface area contributed by atoms with Crippen LogP contribution in [0.2, 0.25) is 0 Å². The van der Waals surface area contributed by atoms with Gasteiger partial charge < -0.3 is 14.7 Å². The first-order valence-electron chi connectivity index (χ1n) is 8.03. The number of aromatic amines is 2. The fourth-order valence-electron chi connectivity index (χ4n) is 2.89. The van der Waals surface area contributed by atoms with Crippen LogP contribution in [0.1, 0.15) is 11.1 Å². The summed E-state index contributed by atoms with van der Waals surface area (Å²) in [4.78, 5) is 40.5. The van der Waals surface area contributed by atoms with Gasteiger partial charge in [0.25, 0.3) is 5.56 Å². The van der Waals surface area contributed by atoms with E-state index in [-0.39, 0.29) is 17.9 Å². The number of amides is 1. The lowest BCUT2D eigenvalue weighted by Gasteiger charge is -2.07. The van der Waals surface area contributed by atoms with E-state index in [1.807, 2.05) is 12.1 Å². The van der Waals surface area contributed by atoms with E-state index in [0.29, 0.717) is 22.4 Å². The number of nitrogens with one attached hydrogen (secondary N) is 3. The summed E-state index contributed by atoms with van der Waals surface area (Å²) in [6.45, 7) is 1.74. The molecular weight excluding hydrogens is 334 g/mol.